The number of halogens is 1. The number of nitrogens with zero attached hydrogens (tertiary/aromatic N) is 2. The summed E-state index contributed by atoms with van der Waals surface area (Å²) >= 11 is 0. The molecule has 0 aliphatic carbocycles. The molecular weight excluding hydrogens is 195 g/mol. The van der Waals surface area contributed by atoms with Gasteiger partial charge in [-0.1, -0.05) is 6.07 Å². The van der Waals surface area contributed by atoms with Gasteiger partial charge in [0.05, 0.1) is 12.8 Å². The molecule has 0 radical (unpaired) electrons. The van der Waals surface area contributed by atoms with E-state index in [4.69, 9.17) is 5.11 Å². The number of aryl methyl sites for hydroxylation is 1. The fourth-order valence-corrected chi connectivity index (χ4v) is 1.38. The Hall–Kier alpha value is -1.68. The molecule has 0 bridgehead atoms. The topological polar surface area (TPSA) is 38.0 Å². The first-order valence-corrected chi connectivity index (χ1v) is 4.61. The normalized spacial score (nSPS) is 10.6. The van der Waals surface area contributed by atoms with Crippen molar-refractivity contribution < 1.29 is 9.50 Å². The van der Waals surface area contributed by atoms with Gasteiger partial charge in [0, 0.05) is 6.20 Å². The van der Waals surface area contributed by atoms with E-state index in [1.165, 1.54) is 10.7 Å². The van der Waals surface area contributed by atoms with E-state index >= 15 is 0 Å². The van der Waals surface area contributed by atoms with E-state index in [2.05, 4.69) is 5.10 Å². The van der Waals surface area contributed by atoms with E-state index in [1.807, 2.05) is 6.92 Å². The molecule has 3 nitrogen and oxygen atoms in total. The number of aliphatic hydroxyl groups excluding tert-OH is 1. The van der Waals surface area contributed by atoms with Gasteiger partial charge in [-0.05, 0) is 30.2 Å². The van der Waals surface area contributed by atoms with Crippen LogP contribution in [0.1, 0.15) is 11.1 Å². The first kappa shape index (κ1) is 9.86. The highest BCUT2D eigenvalue weighted by molar-refractivity contribution is 5.36. The van der Waals surface area contributed by atoms with Crippen LogP contribution in [0.3, 0.4) is 0 Å². The summed E-state index contributed by atoms with van der Waals surface area (Å²) in [5.74, 6) is -0.385. The van der Waals surface area contributed by atoms with Crippen molar-refractivity contribution in [2.45, 2.75) is 13.5 Å². The fourth-order valence-electron chi connectivity index (χ4n) is 1.38. The first-order chi connectivity index (χ1) is 7.20. The second-order valence-corrected chi connectivity index (χ2v) is 3.41. The van der Waals surface area contributed by atoms with E-state index in [1.54, 1.807) is 24.5 Å². The summed E-state index contributed by atoms with van der Waals surface area (Å²) in [4.78, 5) is 0. The number of aliphatic hydroxyl groups is 1. The summed E-state index contributed by atoms with van der Waals surface area (Å²) in [6.45, 7) is 1.73. The average molecular weight is 206 g/mol. The Bertz CT molecular complexity index is 479. The van der Waals surface area contributed by atoms with E-state index in [0.717, 1.165) is 5.56 Å². The predicted octanol–water partition coefficient (Wildman–Crippen LogP) is 1.81. The van der Waals surface area contributed by atoms with Crippen LogP contribution >= 0.6 is 0 Å². The summed E-state index contributed by atoms with van der Waals surface area (Å²) in [6.07, 6.45) is 3.41. The zero-order valence-corrected chi connectivity index (χ0v) is 8.31. The maximum absolute atomic E-state index is 13.6. The number of benzene rings is 1. The summed E-state index contributed by atoms with van der Waals surface area (Å²) in [5, 5.41) is 12.9. The number of rotatable bonds is 2. The Morgan fingerprint density at radius 1 is 1.47 bits per heavy atom. The zero-order chi connectivity index (χ0) is 10.8. The number of aromatic nitrogens is 2. The molecule has 15 heavy (non-hydrogen) atoms. The molecule has 0 amide bonds. The van der Waals surface area contributed by atoms with Crippen molar-refractivity contribution in [2.24, 2.45) is 0 Å². The molecule has 0 atom stereocenters. The van der Waals surface area contributed by atoms with Crippen molar-refractivity contribution in [1.29, 1.82) is 0 Å². The Kier molecular flexibility index (Phi) is 2.51. The fraction of sp³-hybridized carbons (Fsp3) is 0.182. The Morgan fingerprint density at radius 3 is 2.80 bits per heavy atom. The molecule has 2 rings (SSSR count). The molecule has 1 heterocycles. The van der Waals surface area contributed by atoms with Crippen LogP contribution in [0.4, 0.5) is 4.39 Å². The highest BCUT2D eigenvalue weighted by Crippen LogP contribution is 2.15. The van der Waals surface area contributed by atoms with Gasteiger partial charge in [-0.25, -0.2) is 9.07 Å². The maximum atomic E-state index is 13.6. The molecule has 0 aliphatic rings. The van der Waals surface area contributed by atoms with E-state index < -0.39 is 0 Å². The second kappa shape index (κ2) is 3.82. The standard InChI is InChI=1S/C11H11FN2O/c1-8-5-13-14(6-8)11-3-2-9(7-15)4-10(11)12/h2-6,15H,7H2,1H3. The van der Waals surface area contributed by atoms with Gasteiger partial charge in [0.2, 0.25) is 0 Å². The van der Waals surface area contributed by atoms with Gasteiger partial charge < -0.3 is 5.11 Å². The quantitative estimate of drug-likeness (QED) is 0.813. The highest BCUT2D eigenvalue weighted by Gasteiger charge is 2.06. The smallest absolute Gasteiger partial charge is 0.149 e. The van der Waals surface area contributed by atoms with Crippen molar-refractivity contribution in [3.63, 3.8) is 0 Å². The summed E-state index contributed by atoms with van der Waals surface area (Å²) < 4.78 is 15.0. The molecule has 1 aromatic carbocycles. The lowest BCUT2D eigenvalue weighted by Gasteiger charge is -2.04. The van der Waals surface area contributed by atoms with Crippen LogP contribution in [-0.4, -0.2) is 14.9 Å². The summed E-state index contributed by atoms with van der Waals surface area (Å²) in [7, 11) is 0. The summed E-state index contributed by atoms with van der Waals surface area (Å²) in [5.41, 5.74) is 1.92. The van der Waals surface area contributed by atoms with E-state index in [0.29, 0.717) is 11.3 Å². The number of hydrogen-bond donors (Lipinski definition) is 1. The first-order valence-electron chi connectivity index (χ1n) is 4.61. The molecule has 0 fully saturated rings. The minimum absolute atomic E-state index is 0.157. The zero-order valence-electron chi connectivity index (χ0n) is 8.31. The summed E-state index contributed by atoms with van der Waals surface area (Å²) in [6, 6.07) is 4.59. The van der Waals surface area contributed by atoms with Crippen LogP contribution in [0.5, 0.6) is 0 Å². The third kappa shape index (κ3) is 1.89. The molecule has 1 aromatic heterocycles. The van der Waals surface area contributed by atoms with Crippen molar-refractivity contribution in [1.82, 2.24) is 9.78 Å². The molecule has 0 spiro atoms. The van der Waals surface area contributed by atoms with Crippen molar-refractivity contribution in [3.8, 4) is 5.69 Å². The molecule has 1 N–H and O–H groups in total. The van der Waals surface area contributed by atoms with E-state index in [-0.39, 0.29) is 12.4 Å². The van der Waals surface area contributed by atoms with Crippen molar-refractivity contribution in [2.75, 3.05) is 0 Å². The van der Waals surface area contributed by atoms with Gasteiger partial charge in [0.15, 0.2) is 0 Å². The average Bonchev–Trinajstić information content (AvgIpc) is 2.64. The largest absolute Gasteiger partial charge is 0.392 e. The molecular formula is C11H11FN2O. The van der Waals surface area contributed by atoms with Crippen LogP contribution in [-0.2, 0) is 6.61 Å². The monoisotopic (exact) mass is 206 g/mol. The van der Waals surface area contributed by atoms with Crippen molar-refractivity contribution >= 4 is 0 Å². The molecule has 0 saturated heterocycles. The van der Waals surface area contributed by atoms with Gasteiger partial charge in [-0.3, -0.25) is 0 Å². The Labute approximate surface area is 86.8 Å². The molecule has 0 unspecified atom stereocenters. The van der Waals surface area contributed by atoms with Gasteiger partial charge in [-0.2, -0.15) is 5.10 Å². The lowest BCUT2D eigenvalue weighted by atomic mass is 10.2. The minimum Gasteiger partial charge on any atom is -0.392 e. The molecule has 78 valence electrons. The molecule has 2 aromatic rings. The van der Waals surface area contributed by atoms with Crippen LogP contribution < -0.4 is 0 Å². The molecule has 0 saturated carbocycles. The van der Waals surface area contributed by atoms with Gasteiger partial charge in [0.1, 0.15) is 11.5 Å². The van der Waals surface area contributed by atoms with Crippen molar-refractivity contribution in [3.05, 3.63) is 47.5 Å². The van der Waals surface area contributed by atoms with Gasteiger partial charge in [0.25, 0.3) is 0 Å². The Morgan fingerprint density at radius 2 is 2.27 bits per heavy atom. The van der Waals surface area contributed by atoms with E-state index in [9.17, 15) is 4.39 Å². The van der Waals surface area contributed by atoms with Crippen LogP contribution in [0.15, 0.2) is 30.6 Å². The Balaban J connectivity index is 2.45. The minimum atomic E-state index is -0.385. The third-order valence-electron chi connectivity index (χ3n) is 2.15. The van der Waals surface area contributed by atoms with Crippen LogP contribution in [0, 0.1) is 12.7 Å². The predicted molar refractivity (Wildman–Crippen MR) is 54.2 cm³/mol. The van der Waals surface area contributed by atoms with Gasteiger partial charge >= 0.3 is 0 Å². The number of hydrogen-bond acceptors (Lipinski definition) is 2. The maximum Gasteiger partial charge on any atom is 0.149 e. The highest BCUT2D eigenvalue weighted by atomic mass is 19.1. The third-order valence-corrected chi connectivity index (χ3v) is 2.15. The van der Waals surface area contributed by atoms with Gasteiger partial charge in [-0.15, -0.1) is 0 Å². The van der Waals surface area contributed by atoms with Crippen LogP contribution in [0.25, 0.3) is 5.69 Å². The second-order valence-electron chi connectivity index (χ2n) is 3.41. The SMILES string of the molecule is Cc1cnn(-c2ccc(CO)cc2F)c1. The lowest BCUT2D eigenvalue weighted by molar-refractivity contribution is 0.281. The lowest BCUT2D eigenvalue weighted by Crippen LogP contribution is -1.99. The van der Waals surface area contributed by atoms with Crippen LogP contribution in [0.2, 0.25) is 0 Å². The molecule has 0 aliphatic heterocycles. The molecule has 4 heteroatoms.